The Morgan fingerprint density at radius 2 is 1.89 bits per heavy atom. The quantitative estimate of drug-likeness (QED) is 0.698. The Kier molecular flexibility index (Phi) is 5.75. The molecule has 0 bridgehead atoms. The first kappa shape index (κ1) is 15.9. The van der Waals surface area contributed by atoms with Gasteiger partial charge in [0, 0.05) is 31.7 Å². The average molecular weight is 270 g/mol. The topological polar surface area (TPSA) is 78.7 Å². The van der Waals surface area contributed by atoms with Crippen LogP contribution in [0.2, 0.25) is 0 Å². The van der Waals surface area contributed by atoms with Crippen LogP contribution in [0, 0.1) is 0 Å². The van der Waals surface area contributed by atoms with Gasteiger partial charge in [-0.3, -0.25) is 14.5 Å². The van der Waals surface area contributed by atoms with Crippen molar-refractivity contribution in [3.8, 4) is 0 Å². The van der Waals surface area contributed by atoms with Crippen molar-refractivity contribution in [3.05, 3.63) is 0 Å². The van der Waals surface area contributed by atoms with Gasteiger partial charge in [-0.2, -0.15) is 0 Å². The van der Waals surface area contributed by atoms with E-state index in [-0.39, 0.29) is 36.5 Å². The zero-order chi connectivity index (χ0) is 14.6. The lowest BCUT2D eigenvalue weighted by Crippen LogP contribution is -2.59. The number of piperazine rings is 1. The number of carbonyl (C=O) groups is 2. The Morgan fingerprint density at radius 3 is 2.37 bits per heavy atom. The zero-order valence-electron chi connectivity index (χ0n) is 12.3. The van der Waals surface area contributed by atoms with Gasteiger partial charge in [-0.15, -0.1) is 0 Å². The van der Waals surface area contributed by atoms with E-state index in [1.165, 1.54) is 0 Å². The van der Waals surface area contributed by atoms with Crippen LogP contribution in [0.3, 0.4) is 0 Å². The van der Waals surface area contributed by atoms with E-state index in [1.54, 1.807) is 0 Å². The zero-order valence-corrected chi connectivity index (χ0v) is 12.3. The second-order valence-electron chi connectivity index (χ2n) is 5.58. The minimum atomic E-state index is -0.390. The maximum absolute atomic E-state index is 12.4. The number of amides is 2. The number of nitrogens with two attached hydrogens (primary N) is 1. The molecule has 2 amide bonds. The van der Waals surface area contributed by atoms with Crippen molar-refractivity contribution in [2.75, 3.05) is 26.2 Å². The maximum atomic E-state index is 12.4. The monoisotopic (exact) mass is 270 g/mol. The summed E-state index contributed by atoms with van der Waals surface area (Å²) >= 11 is 0. The van der Waals surface area contributed by atoms with Crippen molar-refractivity contribution in [3.63, 3.8) is 0 Å². The number of hydrogen-bond acceptors (Lipinski definition) is 4. The summed E-state index contributed by atoms with van der Waals surface area (Å²) in [4.78, 5) is 27.5. The molecule has 6 heteroatoms. The van der Waals surface area contributed by atoms with Crippen LogP contribution in [-0.2, 0) is 9.59 Å². The van der Waals surface area contributed by atoms with Crippen LogP contribution in [0.5, 0.6) is 0 Å². The number of nitrogens with zero attached hydrogens (tertiary/aromatic N) is 2. The SMILES string of the molecule is CC(C)N(C(=O)CN1CCNCC1C(N)=O)C(C)C. The van der Waals surface area contributed by atoms with E-state index in [0.717, 1.165) is 6.54 Å². The fourth-order valence-electron chi connectivity index (χ4n) is 2.64. The first-order chi connectivity index (χ1) is 8.84. The number of rotatable bonds is 5. The normalized spacial score (nSPS) is 20.8. The number of primary amides is 1. The Morgan fingerprint density at radius 1 is 1.32 bits per heavy atom. The summed E-state index contributed by atoms with van der Waals surface area (Å²) in [7, 11) is 0. The van der Waals surface area contributed by atoms with Gasteiger partial charge in [0.05, 0.1) is 6.54 Å². The van der Waals surface area contributed by atoms with Gasteiger partial charge in [-0.05, 0) is 27.7 Å². The molecular weight excluding hydrogens is 244 g/mol. The predicted molar refractivity (Wildman–Crippen MR) is 74.5 cm³/mol. The van der Waals surface area contributed by atoms with Gasteiger partial charge < -0.3 is 16.0 Å². The lowest BCUT2D eigenvalue weighted by molar-refractivity contribution is -0.138. The number of carbonyl (C=O) groups excluding carboxylic acids is 2. The minimum absolute atomic E-state index is 0.0538. The first-order valence-electron chi connectivity index (χ1n) is 6.89. The van der Waals surface area contributed by atoms with Crippen molar-refractivity contribution >= 4 is 11.8 Å². The highest BCUT2D eigenvalue weighted by Crippen LogP contribution is 2.09. The molecule has 0 aliphatic carbocycles. The lowest BCUT2D eigenvalue weighted by Gasteiger charge is -2.37. The first-order valence-corrected chi connectivity index (χ1v) is 6.89. The molecule has 1 unspecified atom stereocenters. The molecule has 0 aromatic rings. The highest BCUT2D eigenvalue weighted by atomic mass is 16.2. The molecule has 1 saturated heterocycles. The Balaban J connectivity index is 2.70. The third kappa shape index (κ3) is 4.18. The van der Waals surface area contributed by atoms with Crippen LogP contribution in [0.15, 0.2) is 0 Å². The summed E-state index contributed by atoms with van der Waals surface area (Å²) in [5, 5.41) is 3.13. The number of hydrogen-bond donors (Lipinski definition) is 2. The summed E-state index contributed by atoms with van der Waals surface area (Å²) in [6.07, 6.45) is 0. The molecule has 0 aromatic heterocycles. The van der Waals surface area contributed by atoms with Crippen molar-refractivity contribution < 1.29 is 9.59 Å². The molecule has 0 radical (unpaired) electrons. The summed E-state index contributed by atoms with van der Waals surface area (Å²) in [5.41, 5.74) is 5.38. The molecule has 1 heterocycles. The van der Waals surface area contributed by atoms with Crippen LogP contribution in [-0.4, -0.2) is 65.9 Å². The molecule has 0 aromatic carbocycles. The molecule has 1 aliphatic heterocycles. The average Bonchev–Trinajstić information content (AvgIpc) is 2.27. The van der Waals surface area contributed by atoms with Gasteiger partial charge in [-0.1, -0.05) is 0 Å². The van der Waals surface area contributed by atoms with Crippen molar-refractivity contribution in [1.82, 2.24) is 15.1 Å². The highest BCUT2D eigenvalue weighted by Gasteiger charge is 2.30. The molecule has 1 rings (SSSR count). The molecule has 0 saturated carbocycles. The Hall–Kier alpha value is -1.14. The minimum Gasteiger partial charge on any atom is -0.368 e. The summed E-state index contributed by atoms with van der Waals surface area (Å²) < 4.78 is 0. The van der Waals surface area contributed by atoms with Crippen LogP contribution in [0.25, 0.3) is 0 Å². The van der Waals surface area contributed by atoms with Crippen molar-refractivity contribution in [1.29, 1.82) is 0 Å². The predicted octanol–water partition coefficient (Wildman–Crippen LogP) is -0.609. The van der Waals surface area contributed by atoms with Gasteiger partial charge in [0.15, 0.2) is 0 Å². The lowest BCUT2D eigenvalue weighted by atomic mass is 10.1. The van der Waals surface area contributed by atoms with Gasteiger partial charge >= 0.3 is 0 Å². The molecule has 3 N–H and O–H groups in total. The summed E-state index contributed by atoms with van der Waals surface area (Å²) in [5.74, 6) is -0.321. The molecule has 1 aliphatic rings. The molecular formula is C13H26N4O2. The standard InChI is InChI=1S/C13H26N4O2/c1-9(2)17(10(3)4)12(18)8-16-6-5-15-7-11(16)13(14)19/h9-11,15H,5-8H2,1-4H3,(H2,14,19). The van der Waals surface area contributed by atoms with Crippen LogP contribution < -0.4 is 11.1 Å². The third-order valence-electron chi connectivity index (χ3n) is 3.42. The van der Waals surface area contributed by atoms with E-state index in [9.17, 15) is 9.59 Å². The molecule has 19 heavy (non-hydrogen) atoms. The second kappa shape index (κ2) is 6.86. The third-order valence-corrected chi connectivity index (χ3v) is 3.42. The van der Waals surface area contributed by atoms with E-state index in [2.05, 4.69) is 5.32 Å². The van der Waals surface area contributed by atoms with E-state index in [0.29, 0.717) is 13.1 Å². The fraction of sp³-hybridized carbons (Fsp3) is 0.846. The van der Waals surface area contributed by atoms with Gasteiger partial charge in [0.2, 0.25) is 11.8 Å². The van der Waals surface area contributed by atoms with Crippen LogP contribution >= 0.6 is 0 Å². The van der Waals surface area contributed by atoms with Crippen molar-refractivity contribution in [2.24, 2.45) is 5.73 Å². The fourth-order valence-corrected chi connectivity index (χ4v) is 2.64. The van der Waals surface area contributed by atoms with Gasteiger partial charge in [0.25, 0.3) is 0 Å². The number of nitrogens with one attached hydrogen (secondary N) is 1. The highest BCUT2D eigenvalue weighted by molar-refractivity contribution is 5.83. The molecule has 110 valence electrons. The van der Waals surface area contributed by atoms with Crippen molar-refractivity contribution in [2.45, 2.75) is 45.8 Å². The van der Waals surface area contributed by atoms with E-state index in [4.69, 9.17) is 5.73 Å². The second-order valence-corrected chi connectivity index (χ2v) is 5.58. The molecule has 1 atom stereocenters. The van der Waals surface area contributed by atoms with Crippen LogP contribution in [0.1, 0.15) is 27.7 Å². The maximum Gasteiger partial charge on any atom is 0.237 e. The molecule has 1 fully saturated rings. The van der Waals surface area contributed by atoms with E-state index in [1.807, 2.05) is 37.5 Å². The molecule has 6 nitrogen and oxygen atoms in total. The largest absolute Gasteiger partial charge is 0.368 e. The summed E-state index contributed by atoms with van der Waals surface area (Å²) in [6.45, 7) is 10.2. The molecule has 0 spiro atoms. The summed E-state index contributed by atoms with van der Waals surface area (Å²) in [6, 6.07) is -0.0799. The van der Waals surface area contributed by atoms with Gasteiger partial charge in [0.1, 0.15) is 6.04 Å². The van der Waals surface area contributed by atoms with Crippen LogP contribution in [0.4, 0.5) is 0 Å². The smallest absolute Gasteiger partial charge is 0.237 e. The van der Waals surface area contributed by atoms with Gasteiger partial charge in [-0.25, -0.2) is 0 Å². The van der Waals surface area contributed by atoms with E-state index >= 15 is 0 Å². The van der Waals surface area contributed by atoms with E-state index < -0.39 is 0 Å². The Labute approximate surface area is 115 Å². The Bertz CT molecular complexity index is 323.